The van der Waals surface area contributed by atoms with Gasteiger partial charge in [-0.25, -0.2) is 4.98 Å². The Morgan fingerprint density at radius 1 is 0.935 bits per heavy atom. The lowest BCUT2D eigenvalue weighted by Crippen LogP contribution is -2.18. The Bertz CT molecular complexity index is 1160. The van der Waals surface area contributed by atoms with Crippen molar-refractivity contribution in [1.82, 2.24) is 15.2 Å². The summed E-state index contributed by atoms with van der Waals surface area (Å²) < 4.78 is 5.80. The third kappa shape index (κ3) is 5.05. The van der Waals surface area contributed by atoms with Crippen LogP contribution < -0.4 is 9.64 Å². The smallest absolute Gasteiger partial charge is 0.219 e. The van der Waals surface area contributed by atoms with E-state index in [4.69, 9.17) is 27.9 Å². The summed E-state index contributed by atoms with van der Waals surface area (Å²) in [5.74, 6) is 1.82. The second-order valence-electron chi connectivity index (χ2n) is 6.84. The van der Waals surface area contributed by atoms with Gasteiger partial charge in [0.05, 0.1) is 15.7 Å². The number of hydrogen-bond donors (Lipinski definition) is 1. The highest BCUT2D eigenvalue weighted by atomic mass is 35.5. The molecule has 4 rings (SSSR count). The number of nitrogens with zero attached hydrogens (tertiary/aromatic N) is 4. The van der Waals surface area contributed by atoms with Crippen molar-refractivity contribution in [2.24, 2.45) is 0 Å². The topological polar surface area (TPSA) is 71.4 Å². The van der Waals surface area contributed by atoms with Crippen LogP contribution in [-0.2, 0) is 6.54 Å². The summed E-state index contributed by atoms with van der Waals surface area (Å²) in [4.78, 5) is 6.16. The lowest BCUT2D eigenvalue weighted by molar-refractivity contribution is 0.462. The zero-order valence-corrected chi connectivity index (χ0v) is 18.0. The molecule has 4 aromatic rings. The quantitative estimate of drug-likeness (QED) is 0.387. The van der Waals surface area contributed by atoms with Crippen LogP contribution in [0.25, 0.3) is 11.3 Å². The van der Waals surface area contributed by atoms with Gasteiger partial charge in [0.25, 0.3) is 0 Å². The number of aromatic hydroxyl groups is 1. The van der Waals surface area contributed by atoms with E-state index in [2.05, 4.69) is 15.2 Å². The van der Waals surface area contributed by atoms with E-state index in [0.29, 0.717) is 35.2 Å². The van der Waals surface area contributed by atoms with Gasteiger partial charge in [-0.1, -0.05) is 41.4 Å². The van der Waals surface area contributed by atoms with Crippen LogP contribution in [0.1, 0.15) is 5.56 Å². The molecule has 8 heteroatoms. The number of phenols is 1. The molecule has 0 saturated heterocycles. The first-order chi connectivity index (χ1) is 15.0. The molecule has 31 heavy (non-hydrogen) atoms. The zero-order valence-electron chi connectivity index (χ0n) is 16.5. The van der Waals surface area contributed by atoms with E-state index < -0.39 is 0 Å². The molecule has 1 N–H and O–H groups in total. The summed E-state index contributed by atoms with van der Waals surface area (Å²) in [6, 6.07) is 20.2. The molecule has 2 heterocycles. The molecule has 0 aliphatic rings. The molecule has 0 bridgehead atoms. The summed E-state index contributed by atoms with van der Waals surface area (Å²) in [5, 5.41) is 18.6. The highest BCUT2D eigenvalue weighted by Crippen LogP contribution is 2.36. The van der Waals surface area contributed by atoms with Crippen molar-refractivity contribution in [3.8, 4) is 28.6 Å². The molecule has 0 aliphatic carbocycles. The first-order valence-corrected chi connectivity index (χ1v) is 10.2. The van der Waals surface area contributed by atoms with Gasteiger partial charge in [0.1, 0.15) is 5.75 Å². The maximum absolute atomic E-state index is 9.72. The standard InChI is InChI=1S/C23H18Cl2N4O2/c1-29(14-15-5-4-6-17(11-15)31-22-7-2-3-10-26-22)21-9-8-20(27-28-21)16-12-18(24)23(30)19(25)13-16/h2-13,30H,14H2,1H3. The molecule has 0 unspecified atom stereocenters. The monoisotopic (exact) mass is 452 g/mol. The van der Waals surface area contributed by atoms with Gasteiger partial charge in [0, 0.05) is 31.4 Å². The Labute approximate surface area is 189 Å². The molecular formula is C23H18Cl2N4O2. The van der Waals surface area contributed by atoms with Crippen LogP contribution in [0.4, 0.5) is 5.82 Å². The summed E-state index contributed by atoms with van der Waals surface area (Å²) in [5.41, 5.74) is 2.33. The van der Waals surface area contributed by atoms with Crippen molar-refractivity contribution in [3.05, 3.63) is 88.5 Å². The zero-order chi connectivity index (χ0) is 21.8. The first-order valence-electron chi connectivity index (χ1n) is 9.40. The fraction of sp³-hybridized carbons (Fsp3) is 0.0870. The van der Waals surface area contributed by atoms with E-state index in [1.807, 2.05) is 66.5 Å². The number of benzene rings is 2. The molecule has 0 saturated carbocycles. The van der Waals surface area contributed by atoms with Gasteiger partial charge in [-0.05, 0) is 48.0 Å². The van der Waals surface area contributed by atoms with Crippen molar-refractivity contribution in [3.63, 3.8) is 0 Å². The SMILES string of the molecule is CN(Cc1cccc(Oc2ccccn2)c1)c1ccc(-c2cc(Cl)c(O)c(Cl)c2)nn1. The van der Waals surface area contributed by atoms with Crippen LogP contribution >= 0.6 is 23.2 Å². The average molecular weight is 453 g/mol. The highest BCUT2D eigenvalue weighted by molar-refractivity contribution is 6.37. The van der Waals surface area contributed by atoms with Gasteiger partial charge in [-0.15, -0.1) is 10.2 Å². The number of pyridine rings is 1. The van der Waals surface area contributed by atoms with Gasteiger partial charge < -0.3 is 14.7 Å². The third-order valence-electron chi connectivity index (χ3n) is 4.53. The predicted molar refractivity (Wildman–Crippen MR) is 122 cm³/mol. The number of aromatic nitrogens is 3. The third-order valence-corrected chi connectivity index (χ3v) is 5.11. The maximum Gasteiger partial charge on any atom is 0.219 e. The van der Waals surface area contributed by atoms with Crippen molar-refractivity contribution >= 4 is 29.0 Å². The van der Waals surface area contributed by atoms with Crippen molar-refractivity contribution < 1.29 is 9.84 Å². The number of phenolic OH excluding ortho intramolecular Hbond substituents is 1. The van der Waals surface area contributed by atoms with Crippen LogP contribution in [0.15, 0.2) is 72.9 Å². The molecule has 0 amide bonds. The Morgan fingerprint density at radius 2 is 1.74 bits per heavy atom. The van der Waals surface area contributed by atoms with Gasteiger partial charge in [0.2, 0.25) is 5.88 Å². The van der Waals surface area contributed by atoms with Crippen LogP contribution in [0, 0.1) is 0 Å². The fourth-order valence-corrected chi connectivity index (χ4v) is 3.47. The number of halogens is 2. The lowest BCUT2D eigenvalue weighted by Gasteiger charge is -2.18. The van der Waals surface area contributed by atoms with Gasteiger partial charge in [0.15, 0.2) is 11.6 Å². The second kappa shape index (κ2) is 9.20. The van der Waals surface area contributed by atoms with E-state index in [-0.39, 0.29) is 15.8 Å². The summed E-state index contributed by atoms with van der Waals surface area (Å²) in [6.07, 6.45) is 1.69. The van der Waals surface area contributed by atoms with Crippen LogP contribution in [0.2, 0.25) is 10.0 Å². The molecule has 0 fully saturated rings. The molecule has 6 nitrogen and oxygen atoms in total. The van der Waals surface area contributed by atoms with E-state index in [0.717, 1.165) is 5.56 Å². The van der Waals surface area contributed by atoms with E-state index in [9.17, 15) is 5.11 Å². The van der Waals surface area contributed by atoms with E-state index >= 15 is 0 Å². The Hall–Kier alpha value is -3.35. The minimum absolute atomic E-state index is 0.148. The Morgan fingerprint density at radius 3 is 2.42 bits per heavy atom. The molecule has 0 aliphatic heterocycles. The molecule has 0 spiro atoms. The first kappa shape index (κ1) is 20.9. The van der Waals surface area contributed by atoms with E-state index in [1.165, 1.54) is 0 Å². The second-order valence-corrected chi connectivity index (χ2v) is 7.65. The van der Waals surface area contributed by atoms with E-state index in [1.54, 1.807) is 18.3 Å². The average Bonchev–Trinajstić information content (AvgIpc) is 2.78. The Kier molecular flexibility index (Phi) is 6.21. The molecule has 2 aromatic heterocycles. The van der Waals surface area contributed by atoms with Gasteiger partial charge in [-0.3, -0.25) is 0 Å². The number of ether oxygens (including phenoxy) is 1. The summed E-state index contributed by atoms with van der Waals surface area (Å²) >= 11 is 12.0. The Balaban J connectivity index is 1.47. The number of hydrogen-bond acceptors (Lipinski definition) is 6. The van der Waals surface area contributed by atoms with Gasteiger partial charge in [-0.2, -0.15) is 0 Å². The largest absolute Gasteiger partial charge is 0.505 e. The predicted octanol–water partition coefficient (Wildman–Crippen LogP) is 5.98. The highest BCUT2D eigenvalue weighted by Gasteiger charge is 2.11. The van der Waals surface area contributed by atoms with Crippen molar-refractivity contribution in [2.45, 2.75) is 6.54 Å². The van der Waals surface area contributed by atoms with Gasteiger partial charge >= 0.3 is 0 Å². The molecule has 0 radical (unpaired) electrons. The van der Waals surface area contributed by atoms with Crippen LogP contribution in [-0.4, -0.2) is 27.3 Å². The molecule has 0 atom stereocenters. The maximum atomic E-state index is 9.72. The molecule has 2 aromatic carbocycles. The van der Waals surface area contributed by atoms with Crippen LogP contribution in [0.3, 0.4) is 0 Å². The number of anilines is 1. The summed E-state index contributed by atoms with van der Waals surface area (Å²) in [7, 11) is 1.93. The molecular weight excluding hydrogens is 435 g/mol. The van der Waals surface area contributed by atoms with Crippen molar-refractivity contribution in [1.29, 1.82) is 0 Å². The van der Waals surface area contributed by atoms with Crippen LogP contribution in [0.5, 0.6) is 17.4 Å². The lowest BCUT2D eigenvalue weighted by atomic mass is 10.1. The summed E-state index contributed by atoms with van der Waals surface area (Å²) in [6.45, 7) is 0.615. The fourth-order valence-electron chi connectivity index (χ4n) is 2.99. The normalized spacial score (nSPS) is 10.7. The molecule has 156 valence electrons. The minimum atomic E-state index is -0.148. The minimum Gasteiger partial charge on any atom is -0.505 e. The number of rotatable bonds is 6. The van der Waals surface area contributed by atoms with Crippen molar-refractivity contribution in [2.75, 3.05) is 11.9 Å².